The molecule has 2 aliphatic rings. The number of nitrogens with zero attached hydrogens (tertiary/aromatic N) is 2. The summed E-state index contributed by atoms with van der Waals surface area (Å²) in [6.45, 7) is 2.22. The van der Waals surface area contributed by atoms with Crippen LogP contribution in [0.2, 0.25) is 0 Å². The van der Waals surface area contributed by atoms with Crippen molar-refractivity contribution < 1.29 is 23.5 Å². The van der Waals surface area contributed by atoms with Crippen molar-refractivity contribution in [3.05, 3.63) is 35.4 Å². The van der Waals surface area contributed by atoms with Gasteiger partial charge in [0.25, 0.3) is 5.91 Å². The van der Waals surface area contributed by atoms with Crippen LogP contribution in [0.15, 0.2) is 18.2 Å². The van der Waals surface area contributed by atoms with E-state index in [4.69, 9.17) is 5.11 Å². The Morgan fingerprint density at radius 3 is 2.73 bits per heavy atom. The second kappa shape index (κ2) is 7.70. The van der Waals surface area contributed by atoms with Crippen molar-refractivity contribution in [1.29, 1.82) is 0 Å². The summed E-state index contributed by atoms with van der Waals surface area (Å²) >= 11 is 0. The number of hydrogen-bond acceptors (Lipinski definition) is 3. The number of piperidine rings is 2. The number of benzene rings is 1. The molecule has 0 radical (unpaired) electrons. The molecule has 5 nitrogen and oxygen atoms in total. The van der Waals surface area contributed by atoms with E-state index in [9.17, 15) is 18.4 Å². The third-order valence-electron chi connectivity index (χ3n) is 5.45. The van der Waals surface area contributed by atoms with Crippen LogP contribution in [0.4, 0.5) is 8.78 Å². The Hall–Kier alpha value is -2.02. The number of carbonyl (C=O) groups is 2. The summed E-state index contributed by atoms with van der Waals surface area (Å²) in [4.78, 5) is 28.3. The van der Waals surface area contributed by atoms with Crippen LogP contribution in [0.1, 0.15) is 42.5 Å². The second-order valence-electron chi connectivity index (χ2n) is 7.35. The third-order valence-corrected chi connectivity index (χ3v) is 5.45. The van der Waals surface area contributed by atoms with Crippen LogP contribution >= 0.6 is 0 Å². The number of halogens is 2. The van der Waals surface area contributed by atoms with Gasteiger partial charge in [-0.3, -0.25) is 9.59 Å². The quantitative estimate of drug-likeness (QED) is 0.889. The van der Waals surface area contributed by atoms with Gasteiger partial charge in [-0.2, -0.15) is 0 Å². The first-order valence-electron chi connectivity index (χ1n) is 9.07. The lowest BCUT2D eigenvalue weighted by molar-refractivity contribution is -0.139. The van der Waals surface area contributed by atoms with Crippen LogP contribution in [0, 0.1) is 17.0 Å². The predicted molar refractivity (Wildman–Crippen MR) is 91.4 cm³/mol. The number of rotatable bonds is 4. The van der Waals surface area contributed by atoms with E-state index >= 15 is 0 Å². The molecule has 1 atom stereocenters. The molecule has 0 aromatic heterocycles. The van der Waals surface area contributed by atoms with Gasteiger partial charge in [0.05, 0.1) is 0 Å². The molecule has 7 heteroatoms. The standard InChI is InChI=1S/C19H24F2N2O3/c20-15-4-3-14(11-16(15)21)18(26)23-8-1-6-19(13-23)7-5-17(25)22(12-19)9-2-10-24/h3-4,11,24H,1-2,5-10,12-13H2/t19-/m1/s1. The van der Waals surface area contributed by atoms with Crippen molar-refractivity contribution in [2.45, 2.75) is 32.1 Å². The maximum atomic E-state index is 13.5. The van der Waals surface area contributed by atoms with Gasteiger partial charge in [0, 0.05) is 50.2 Å². The first-order chi connectivity index (χ1) is 12.4. The molecule has 0 saturated carbocycles. The highest BCUT2D eigenvalue weighted by Gasteiger charge is 2.42. The zero-order valence-corrected chi connectivity index (χ0v) is 14.7. The molecule has 0 aliphatic carbocycles. The SMILES string of the molecule is O=C1CC[C@]2(CCCN(C(=O)c3ccc(F)c(F)c3)C2)CN1CCCO. The van der Waals surface area contributed by atoms with E-state index in [1.54, 1.807) is 9.80 Å². The highest BCUT2D eigenvalue weighted by Crippen LogP contribution is 2.39. The van der Waals surface area contributed by atoms with Crippen molar-refractivity contribution >= 4 is 11.8 Å². The van der Waals surface area contributed by atoms with Crippen molar-refractivity contribution in [3.8, 4) is 0 Å². The largest absolute Gasteiger partial charge is 0.396 e. The van der Waals surface area contributed by atoms with Gasteiger partial charge in [0.2, 0.25) is 5.91 Å². The van der Waals surface area contributed by atoms with E-state index in [1.165, 1.54) is 6.07 Å². The molecular formula is C19H24F2N2O3. The number of aliphatic hydroxyl groups is 1. The average Bonchev–Trinajstić information content (AvgIpc) is 2.64. The van der Waals surface area contributed by atoms with E-state index in [0.717, 1.165) is 31.4 Å². The lowest BCUT2D eigenvalue weighted by atomic mass is 9.73. The summed E-state index contributed by atoms with van der Waals surface area (Å²) in [5.41, 5.74) is -0.0134. The van der Waals surface area contributed by atoms with E-state index in [1.807, 2.05) is 0 Å². The van der Waals surface area contributed by atoms with E-state index in [2.05, 4.69) is 0 Å². The van der Waals surface area contributed by atoms with E-state index in [0.29, 0.717) is 39.0 Å². The number of hydrogen-bond donors (Lipinski definition) is 1. The van der Waals surface area contributed by atoms with Gasteiger partial charge in [-0.15, -0.1) is 0 Å². The van der Waals surface area contributed by atoms with E-state index in [-0.39, 0.29) is 29.4 Å². The van der Waals surface area contributed by atoms with Crippen LogP contribution in [-0.2, 0) is 4.79 Å². The number of amides is 2. The van der Waals surface area contributed by atoms with Crippen LogP contribution < -0.4 is 0 Å². The van der Waals surface area contributed by atoms with Crippen molar-refractivity contribution in [2.24, 2.45) is 5.41 Å². The maximum absolute atomic E-state index is 13.5. The normalized spacial score (nSPS) is 23.6. The molecule has 2 saturated heterocycles. The van der Waals surface area contributed by atoms with Gasteiger partial charge >= 0.3 is 0 Å². The minimum absolute atomic E-state index is 0.0392. The monoisotopic (exact) mass is 366 g/mol. The Morgan fingerprint density at radius 2 is 2.00 bits per heavy atom. The molecule has 2 aliphatic heterocycles. The Kier molecular flexibility index (Phi) is 5.55. The van der Waals surface area contributed by atoms with Crippen LogP contribution in [0.5, 0.6) is 0 Å². The molecule has 3 rings (SSSR count). The van der Waals surface area contributed by atoms with Gasteiger partial charge in [-0.05, 0) is 43.9 Å². The van der Waals surface area contributed by atoms with Gasteiger partial charge in [0.1, 0.15) is 0 Å². The summed E-state index contributed by atoms with van der Waals surface area (Å²) in [6, 6.07) is 3.22. The van der Waals surface area contributed by atoms with Crippen LogP contribution in [0.25, 0.3) is 0 Å². The first-order valence-corrected chi connectivity index (χ1v) is 9.07. The Labute approximate surface area is 151 Å². The fourth-order valence-corrected chi connectivity index (χ4v) is 4.09. The smallest absolute Gasteiger partial charge is 0.253 e. The number of aliphatic hydroxyl groups excluding tert-OH is 1. The topological polar surface area (TPSA) is 60.9 Å². The second-order valence-corrected chi connectivity index (χ2v) is 7.35. The Balaban J connectivity index is 1.72. The Bertz CT molecular complexity index is 697. The van der Waals surface area contributed by atoms with Gasteiger partial charge < -0.3 is 14.9 Å². The minimum atomic E-state index is -1.03. The van der Waals surface area contributed by atoms with E-state index < -0.39 is 11.6 Å². The zero-order chi connectivity index (χ0) is 18.7. The molecule has 2 heterocycles. The number of likely N-dealkylation sites (tertiary alicyclic amines) is 2. The van der Waals surface area contributed by atoms with Crippen molar-refractivity contribution in [1.82, 2.24) is 9.80 Å². The molecule has 26 heavy (non-hydrogen) atoms. The minimum Gasteiger partial charge on any atom is -0.396 e. The fraction of sp³-hybridized carbons (Fsp3) is 0.579. The molecule has 1 aromatic carbocycles. The molecule has 1 spiro atoms. The molecule has 0 unspecified atom stereocenters. The average molecular weight is 366 g/mol. The highest BCUT2D eigenvalue weighted by atomic mass is 19.2. The zero-order valence-electron chi connectivity index (χ0n) is 14.7. The van der Waals surface area contributed by atoms with Crippen molar-refractivity contribution in [2.75, 3.05) is 32.8 Å². The molecular weight excluding hydrogens is 342 g/mol. The van der Waals surface area contributed by atoms with Gasteiger partial charge in [0.15, 0.2) is 11.6 Å². The first kappa shape index (κ1) is 18.8. The Morgan fingerprint density at radius 1 is 1.19 bits per heavy atom. The molecule has 2 fully saturated rings. The summed E-state index contributed by atoms with van der Waals surface area (Å²) in [6.07, 6.45) is 3.45. The summed E-state index contributed by atoms with van der Waals surface area (Å²) in [7, 11) is 0. The lowest BCUT2D eigenvalue weighted by Crippen LogP contribution is -2.55. The fourth-order valence-electron chi connectivity index (χ4n) is 4.09. The molecule has 142 valence electrons. The summed E-state index contributed by atoms with van der Waals surface area (Å²) in [5.74, 6) is -2.21. The molecule has 1 aromatic rings. The lowest BCUT2D eigenvalue weighted by Gasteiger charge is -2.48. The maximum Gasteiger partial charge on any atom is 0.253 e. The predicted octanol–water partition coefficient (Wildman–Crippen LogP) is 2.19. The van der Waals surface area contributed by atoms with Gasteiger partial charge in [-0.1, -0.05) is 0 Å². The van der Waals surface area contributed by atoms with Crippen LogP contribution in [-0.4, -0.2) is 59.5 Å². The highest BCUT2D eigenvalue weighted by molar-refractivity contribution is 5.94. The summed E-state index contributed by atoms with van der Waals surface area (Å²) < 4.78 is 26.6. The molecule has 0 bridgehead atoms. The van der Waals surface area contributed by atoms with Gasteiger partial charge in [-0.25, -0.2) is 8.78 Å². The van der Waals surface area contributed by atoms with Crippen LogP contribution in [0.3, 0.4) is 0 Å². The van der Waals surface area contributed by atoms with Crippen molar-refractivity contribution in [3.63, 3.8) is 0 Å². The number of carbonyl (C=O) groups excluding carboxylic acids is 2. The third kappa shape index (κ3) is 3.87. The molecule has 2 amide bonds. The summed E-state index contributed by atoms with van der Waals surface area (Å²) in [5, 5.41) is 9.02. The molecule has 1 N–H and O–H groups in total.